The summed E-state index contributed by atoms with van der Waals surface area (Å²) in [4.78, 5) is 16.4. The van der Waals surface area contributed by atoms with Gasteiger partial charge in [0.25, 0.3) is 0 Å². The average molecular weight is 352 g/mol. The molecule has 3 rings (SSSR count). The van der Waals surface area contributed by atoms with E-state index in [-0.39, 0.29) is 10.9 Å². The smallest absolute Gasteiger partial charge is 0.366 e. The number of hydrogen-bond donors (Lipinski definition) is 1. The Balaban J connectivity index is 2.17. The van der Waals surface area contributed by atoms with Gasteiger partial charge in [0.1, 0.15) is 0 Å². The zero-order valence-electron chi connectivity index (χ0n) is 14.5. The van der Waals surface area contributed by atoms with E-state index in [1.54, 1.807) is 12.1 Å². The molecule has 1 aliphatic heterocycles. The van der Waals surface area contributed by atoms with Gasteiger partial charge in [-0.3, -0.25) is 4.79 Å². The van der Waals surface area contributed by atoms with E-state index < -0.39 is 17.3 Å². The van der Waals surface area contributed by atoms with Crippen LogP contribution < -0.4 is 10.5 Å². The number of alkyl halides is 3. The SMILES string of the molecule is CCC1CCCC(CC)N1c1ccc2[nH]c(=O)cc(C(F)(F)F)c2c1. The molecular formula is C19H23F3N2O. The number of halogens is 3. The highest BCUT2D eigenvalue weighted by Gasteiger charge is 2.34. The number of aromatic nitrogens is 1. The minimum Gasteiger partial charge on any atom is -0.366 e. The molecule has 1 aromatic carbocycles. The highest BCUT2D eigenvalue weighted by atomic mass is 19.4. The molecule has 2 unspecified atom stereocenters. The summed E-state index contributed by atoms with van der Waals surface area (Å²) in [6.07, 6.45) is 0.647. The van der Waals surface area contributed by atoms with E-state index in [4.69, 9.17) is 0 Å². The third-order valence-electron chi connectivity index (χ3n) is 5.23. The van der Waals surface area contributed by atoms with E-state index in [2.05, 4.69) is 23.7 Å². The van der Waals surface area contributed by atoms with Crippen molar-refractivity contribution in [3.05, 3.63) is 40.2 Å². The number of anilines is 1. The maximum absolute atomic E-state index is 13.4. The topological polar surface area (TPSA) is 36.1 Å². The fourth-order valence-electron chi connectivity index (χ4n) is 4.03. The number of H-pyrrole nitrogens is 1. The molecule has 1 aliphatic rings. The number of fused-ring (bicyclic) bond motifs is 1. The average Bonchev–Trinajstić information content (AvgIpc) is 2.59. The predicted octanol–water partition coefficient (Wildman–Crippen LogP) is 5.09. The van der Waals surface area contributed by atoms with Crippen LogP contribution in [0.4, 0.5) is 18.9 Å². The van der Waals surface area contributed by atoms with Gasteiger partial charge in [0.05, 0.1) is 5.56 Å². The largest absolute Gasteiger partial charge is 0.417 e. The van der Waals surface area contributed by atoms with Crippen LogP contribution in [0.3, 0.4) is 0 Å². The Morgan fingerprint density at radius 3 is 2.32 bits per heavy atom. The predicted molar refractivity (Wildman–Crippen MR) is 94.1 cm³/mol. The molecule has 0 amide bonds. The Morgan fingerprint density at radius 1 is 1.12 bits per heavy atom. The second-order valence-electron chi connectivity index (χ2n) is 6.74. The van der Waals surface area contributed by atoms with Crippen LogP contribution in [-0.2, 0) is 6.18 Å². The first kappa shape index (κ1) is 17.8. The number of pyridine rings is 1. The molecule has 2 aromatic rings. The summed E-state index contributed by atoms with van der Waals surface area (Å²) in [6.45, 7) is 4.24. The highest BCUT2D eigenvalue weighted by Crippen LogP contribution is 2.37. The first-order valence-corrected chi connectivity index (χ1v) is 8.87. The number of hydrogen-bond acceptors (Lipinski definition) is 2. The maximum atomic E-state index is 13.4. The summed E-state index contributed by atoms with van der Waals surface area (Å²) in [7, 11) is 0. The van der Waals surface area contributed by atoms with Gasteiger partial charge in [-0.15, -0.1) is 0 Å². The third kappa shape index (κ3) is 3.39. The highest BCUT2D eigenvalue weighted by molar-refractivity contribution is 5.86. The molecule has 0 spiro atoms. The summed E-state index contributed by atoms with van der Waals surface area (Å²) in [6, 6.07) is 6.34. The summed E-state index contributed by atoms with van der Waals surface area (Å²) in [5, 5.41) is 0.0554. The van der Waals surface area contributed by atoms with Crippen LogP contribution in [0.15, 0.2) is 29.1 Å². The summed E-state index contributed by atoms with van der Waals surface area (Å²) in [5.74, 6) is 0. The standard InChI is InChI=1S/C19H23F3N2O/c1-3-12-6-5-7-13(4-2)24(12)14-8-9-17-15(10-14)16(19(20,21)22)11-18(25)23-17/h8-13H,3-7H2,1-2H3,(H,23,25). The Labute approximate surface area is 144 Å². The van der Waals surface area contributed by atoms with Gasteiger partial charge in [-0.1, -0.05) is 13.8 Å². The van der Waals surface area contributed by atoms with Crippen molar-refractivity contribution in [1.29, 1.82) is 0 Å². The molecule has 0 bridgehead atoms. The van der Waals surface area contributed by atoms with Crippen molar-refractivity contribution in [2.45, 2.75) is 64.2 Å². The monoisotopic (exact) mass is 352 g/mol. The van der Waals surface area contributed by atoms with Gasteiger partial charge in [0, 0.05) is 34.7 Å². The van der Waals surface area contributed by atoms with Crippen LogP contribution in [0.1, 0.15) is 51.5 Å². The molecule has 2 heterocycles. The number of piperidine rings is 1. The number of aromatic amines is 1. The van der Waals surface area contributed by atoms with Crippen LogP contribution in [0.5, 0.6) is 0 Å². The molecule has 0 aliphatic carbocycles. The molecule has 3 nitrogen and oxygen atoms in total. The first-order chi connectivity index (χ1) is 11.8. The number of nitrogens with zero attached hydrogens (tertiary/aromatic N) is 1. The second kappa shape index (κ2) is 6.73. The molecule has 1 N–H and O–H groups in total. The minimum atomic E-state index is -4.55. The van der Waals surface area contributed by atoms with Crippen molar-refractivity contribution in [2.24, 2.45) is 0 Å². The lowest BCUT2D eigenvalue weighted by Gasteiger charge is -2.43. The van der Waals surface area contributed by atoms with E-state index in [1.807, 2.05) is 6.07 Å². The molecule has 0 saturated carbocycles. The lowest BCUT2D eigenvalue weighted by molar-refractivity contribution is -0.136. The third-order valence-corrected chi connectivity index (χ3v) is 5.23. The van der Waals surface area contributed by atoms with Crippen LogP contribution in [0, 0.1) is 0 Å². The number of nitrogens with one attached hydrogen (secondary N) is 1. The normalized spacial score (nSPS) is 21.7. The van der Waals surface area contributed by atoms with E-state index >= 15 is 0 Å². The molecule has 1 fully saturated rings. The lowest BCUT2D eigenvalue weighted by Crippen LogP contribution is -2.46. The summed E-state index contributed by atoms with van der Waals surface area (Å²) < 4.78 is 40.2. The van der Waals surface area contributed by atoms with Crippen LogP contribution in [0.2, 0.25) is 0 Å². The molecule has 6 heteroatoms. The van der Waals surface area contributed by atoms with Crippen molar-refractivity contribution >= 4 is 16.6 Å². The van der Waals surface area contributed by atoms with Crippen LogP contribution in [-0.4, -0.2) is 17.1 Å². The van der Waals surface area contributed by atoms with E-state index in [9.17, 15) is 18.0 Å². The molecule has 25 heavy (non-hydrogen) atoms. The van der Waals surface area contributed by atoms with Gasteiger partial charge in [-0.05, 0) is 50.3 Å². The van der Waals surface area contributed by atoms with Gasteiger partial charge in [-0.2, -0.15) is 13.2 Å². The van der Waals surface area contributed by atoms with E-state index in [0.29, 0.717) is 18.2 Å². The fraction of sp³-hybridized carbons (Fsp3) is 0.526. The first-order valence-electron chi connectivity index (χ1n) is 8.87. The maximum Gasteiger partial charge on any atom is 0.417 e. The van der Waals surface area contributed by atoms with Crippen LogP contribution in [0.25, 0.3) is 10.9 Å². The summed E-state index contributed by atoms with van der Waals surface area (Å²) >= 11 is 0. The number of rotatable bonds is 3. The Kier molecular flexibility index (Phi) is 4.80. The summed E-state index contributed by atoms with van der Waals surface area (Å²) in [5.41, 5.74) is -0.570. The van der Waals surface area contributed by atoms with Gasteiger partial charge in [0.2, 0.25) is 5.56 Å². The van der Waals surface area contributed by atoms with Crippen molar-refractivity contribution in [1.82, 2.24) is 4.98 Å². The molecule has 1 aromatic heterocycles. The zero-order chi connectivity index (χ0) is 18.2. The second-order valence-corrected chi connectivity index (χ2v) is 6.74. The van der Waals surface area contributed by atoms with Crippen molar-refractivity contribution < 1.29 is 13.2 Å². The molecule has 136 valence electrons. The van der Waals surface area contributed by atoms with Gasteiger partial charge in [0.15, 0.2) is 0 Å². The Morgan fingerprint density at radius 2 is 1.76 bits per heavy atom. The lowest BCUT2D eigenvalue weighted by atomic mass is 9.91. The Bertz CT molecular complexity index is 800. The van der Waals surface area contributed by atoms with Gasteiger partial charge >= 0.3 is 6.18 Å². The van der Waals surface area contributed by atoms with Gasteiger partial charge in [-0.25, -0.2) is 0 Å². The fourth-order valence-corrected chi connectivity index (χ4v) is 4.03. The minimum absolute atomic E-state index is 0.0554. The molecule has 1 saturated heterocycles. The molecule has 2 atom stereocenters. The molecular weight excluding hydrogens is 329 g/mol. The zero-order valence-corrected chi connectivity index (χ0v) is 14.5. The van der Waals surface area contributed by atoms with E-state index in [1.165, 1.54) is 0 Å². The number of benzene rings is 1. The van der Waals surface area contributed by atoms with Crippen molar-refractivity contribution in [3.63, 3.8) is 0 Å². The quantitative estimate of drug-likeness (QED) is 0.835. The molecule has 0 radical (unpaired) electrons. The van der Waals surface area contributed by atoms with Gasteiger partial charge < -0.3 is 9.88 Å². The van der Waals surface area contributed by atoms with E-state index in [0.717, 1.165) is 37.8 Å². The Hall–Kier alpha value is -1.98. The van der Waals surface area contributed by atoms with Crippen LogP contribution >= 0.6 is 0 Å². The van der Waals surface area contributed by atoms with Crippen molar-refractivity contribution in [2.75, 3.05) is 4.90 Å². The van der Waals surface area contributed by atoms with Crippen molar-refractivity contribution in [3.8, 4) is 0 Å².